The summed E-state index contributed by atoms with van der Waals surface area (Å²) in [4.78, 5) is 17.0. The molecule has 25 heavy (non-hydrogen) atoms. The fourth-order valence-corrected chi connectivity index (χ4v) is 2.59. The molecule has 0 saturated heterocycles. The molecule has 0 bridgehead atoms. The van der Waals surface area contributed by atoms with E-state index < -0.39 is 5.60 Å². The molecule has 130 valence electrons. The second-order valence-corrected chi connectivity index (χ2v) is 6.69. The highest BCUT2D eigenvalue weighted by Crippen LogP contribution is 2.22. The van der Waals surface area contributed by atoms with Crippen molar-refractivity contribution in [1.29, 1.82) is 0 Å². The largest absolute Gasteiger partial charge is 0.478 e. The van der Waals surface area contributed by atoms with E-state index in [-0.39, 0.29) is 5.91 Å². The van der Waals surface area contributed by atoms with Crippen LogP contribution in [0.4, 0.5) is 5.69 Å². The molecule has 0 atom stereocenters. The summed E-state index contributed by atoms with van der Waals surface area (Å²) in [6, 6.07) is 14.5. The van der Waals surface area contributed by atoms with Crippen molar-refractivity contribution in [2.24, 2.45) is 4.99 Å². The molecule has 0 radical (unpaired) electrons. The van der Waals surface area contributed by atoms with E-state index in [2.05, 4.69) is 15.6 Å². The van der Waals surface area contributed by atoms with Gasteiger partial charge in [-0.05, 0) is 50.2 Å². The maximum atomic E-state index is 12.6. The number of hydrogen-bond donors (Lipinski definition) is 2. The molecule has 1 amide bonds. The zero-order valence-electron chi connectivity index (χ0n) is 14.2. The number of carbonyl (C=O) groups is 1. The van der Waals surface area contributed by atoms with E-state index in [1.54, 1.807) is 38.1 Å². The number of amides is 1. The van der Waals surface area contributed by atoms with Crippen molar-refractivity contribution in [3.8, 4) is 5.75 Å². The second kappa shape index (κ2) is 7.15. The highest BCUT2D eigenvalue weighted by atomic mass is 35.5. The summed E-state index contributed by atoms with van der Waals surface area (Å²) in [7, 11) is 0. The van der Waals surface area contributed by atoms with Crippen LogP contribution in [0.15, 0.2) is 53.5 Å². The van der Waals surface area contributed by atoms with Gasteiger partial charge in [-0.2, -0.15) is 0 Å². The lowest BCUT2D eigenvalue weighted by molar-refractivity contribution is -0.128. The number of benzene rings is 2. The zero-order chi connectivity index (χ0) is 17.9. The van der Waals surface area contributed by atoms with Crippen molar-refractivity contribution < 1.29 is 9.53 Å². The number of anilines is 1. The third-order valence-corrected chi connectivity index (χ3v) is 4.05. The van der Waals surface area contributed by atoms with Gasteiger partial charge in [-0.15, -0.1) is 0 Å². The van der Waals surface area contributed by atoms with Crippen LogP contribution in [-0.4, -0.2) is 30.4 Å². The van der Waals surface area contributed by atoms with E-state index in [1.165, 1.54) is 0 Å². The minimum Gasteiger partial charge on any atom is -0.478 e. The number of ether oxygens (including phenoxy) is 1. The van der Waals surface area contributed by atoms with Crippen LogP contribution >= 0.6 is 11.6 Å². The lowest BCUT2D eigenvalue weighted by Gasteiger charge is -2.25. The normalized spacial score (nSPS) is 13.8. The highest BCUT2D eigenvalue weighted by Gasteiger charge is 2.30. The minimum atomic E-state index is -1.03. The summed E-state index contributed by atoms with van der Waals surface area (Å²) in [5, 5.41) is 6.75. The lowest BCUT2D eigenvalue weighted by Crippen LogP contribution is -2.42. The minimum absolute atomic E-state index is 0.235. The van der Waals surface area contributed by atoms with E-state index in [9.17, 15) is 4.79 Å². The van der Waals surface area contributed by atoms with Gasteiger partial charge in [-0.3, -0.25) is 9.79 Å². The number of amidine groups is 1. The smallest absolute Gasteiger partial charge is 0.267 e. The Hall–Kier alpha value is -2.53. The Morgan fingerprint density at radius 2 is 2.00 bits per heavy atom. The summed E-state index contributed by atoms with van der Waals surface area (Å²) >= 11 is 5.87. The van der Waals surface area contributed by atoms with E-state index in [0.29, 0.717) is 16.5 Å². The van der Waals surface area contributed by atoms with E-state index >= 15 is 0 Å². The van der Waals surface area contributed by atoms with Gasteiger partial charge < -0.3 is 15.4 Å². The van der Waals surface area contributed by atoms with Crippen molar-refractivity contribution in [1.82, 2.24) is 5.32 Å². The van der Waals surface area contributed by atoms with Crippen LogP contribution in [0.25, 0.3) is 0 Å². The standard InChI is InChI=1S/C19H20ClN3O2/c1-19(2,25-16-8-6-14(20)7-9-16)18(24)23-15-5-3-4-13(12-15)17-21-10-11-22-17/h3-9,12H,10-11H2,1-2H3,(H,21,22)(H,23,24). The molecule has 0 fully saturated rings. The third kappa shape index (κ3) is 4.31. The van der Waals surface area contributed by atoms with Gasteiger partial charge >= 0.3 is 0 Å². The van der Waals surface area contributed by atoms with Gasteiger partial charge in [0.2, 0.25) is 0 Å². The van der Waals surface area contributed by atoms with Gasteiger partial charge in [0.1, 0.15) is 11.6 Å². The Labute approximate surface area is 152 Å². The van der Waals surface area contributed by atoms with Gasteiger partial charge in [-0.1, -0.05) is 23.7 Å². The van der Waals surface area contributed by atoms with Crippen molar-refractivity contribution in [2.75, 3.05) is 18.4 Å². The molecule has 2 N–H and O–H groups in total. The Bertz CT molecular complexity index is 801. The number of aliphatic imine (C=N–C) groups is 1. The maximum absolute atomic E-state index is 12.6. The Balaban J connectivity index is 1.70. The highest BCUT2D eigenvalue weighted by molar-refractivity contribution is 6.30. The first kappa shape index (κ1) is 17.3. The molecule has 1 heterocycles. The van der Waals surface area contributed by atoms with Crippen molar-refractivity contribution in [3.05, 3.63) is 59.1 Å². The van der Waals surface area contributed by atoms with Gasteiger partial charge in [0.25, 0.3) is 5.91 Å². The maximum Gasteiger partial charge on any atom is 0.267 e. The number of carbonyl (C=O) groups excluding carboxylic acids is 1. The molecular weight excluding hydrogens is 338 g/mol. The Morgan fingerprint density at radius 3 is 2.68 bits per heavy atom. The molecule has 0 aromatic heterocycles. The van der Waals surface area contributed by atoms with Gasteiger partial charge in [0, 0.05) is 22.8 Å². The number of hydrogen-bond acceptors (Lipinski definition) is 4. The van der Waals surface area contributed by atoms with Gasteiger partial charge in [0.05, 0.1) is 6.54 Å². The lowest BCUT2D eigenvalue weighted by atomic mass is 10.1. The second-order valence-electron chi connectivity index (χ2n) is 6.26. The van der Waals surface area contributed by atoms with Crippen LogP contribution < -0.4 is 15.4 Å². The summed E-state index contributed by atoms with van der Waals surface area (Å²) in [5.41, 5.74) is 0.617. The Morgan fingerprint density at radius 1 is 1.24 bits per heavy atom. The summed E-state index contributed by atoms with van der Waals surface area (Å²) in [6.45, 7) is 5.06. The molecule has 3 rings (SSSR count). The first-order valence-corrected chi connectivity index (χ1v) is 8.47. The first-order chi connectivity index (χ1) is 11.9. The predicted molar refractivity (Wildman–Crippen MR) is 101 cm³/mol. The van der Waals surface area contributed by atoms with Crippen LogP contribution in [0.2, 0.25) is 5.02 Å². The molecule has 2 aromatic carbocycles. The number of halogens is 1. The Kier molecular flexibility index (Phi) is 4.95. The zero-order valence-corrected chi connectivity index (χ0v) is 14.9. The molecule has 0 unspecified atom stereocenters. The number of nitrogens with zero attached hydrogens (tertiary/aromatic N) is 1. The van der Waals surface area contributed by atoms with Crippen LogP contribution in [0.1, 0.15) is 19.4 Å². The monoisotopic (exact) mass is 357 g/mol. The average Bonchev–Trinajstić information content (AvgIpc) is 3.11. The molecule has 0 saturated carbocycles. The fourth-order valence-electron chi connectivity index (χ4n) is 2.46. The molecule has 0 spiro atoms. The van der Waals surface area contributed by atoms with Gasteiger partial charge in [-0.25, -0.2) is 0 Å². The molecule has 5 nitrogen and oxygen atoms in total. The molecule has 2 aromatic rings. The number of rotatable bonds is 5. The van der Waals surface area contributed by atoms with E-state index in [1.807, 2.05) is 24.3 Å². The third-order valence-electron chi connectivity index (χ3n) is 3.80. The van der Waals surface area contributed by atoms with Crippen molar-refractivity contribution in [3.63, 3.8) is 0 Å². The summed E-state index contributed by atoms with van der Waals surface area (Å²) < 4.78 is 5.81. The fraction of sp³-hybridized carbons (Fsp3) is 0.263. The van der Waals surface area contributed by atoms with Crippen LogP contribution in [0.3, 0.4) is 0 Å². The van der Waals surface area contributed by atoms with E-state index in [0.717, 1.165) is 24.5 Å². The predicted octanol–water partition coefficient (Wildman–Crippen LogP) is 3.49. The molecule has 1 aliphatic rings. The molecular formula is C19H20ClN3O2. The topological polar surface area (TPSA) is 62.7 Å². The first-order valence-electron chi connectivity index (χ1n) is 8.09. The van der Waals surface area contributed by atoms with Crippen molar-refractivity contribution in [2.45, 2.75) is 19.4 Å². The van der Waals surface area contributed by atoms with Crippen LogP contribution in [-0.2, 0) is 4.79 Å². The SMILES string of the molecule is CC(C)(Oc1ccc(Cl)cc1)C(=O)Nc1cccc(C2=NCCN2)c1. The summed E-state index contributed by atoms with van der Waals surface area (Å²) in [5.74, 6) is 1.21. The average molecular weight is 358 g/mol. The van der Waals surface area contributed by atoms with Crippen LogP contribution in [0.5, 0.6) is 5.75 Å². The number of nitrogens with one attached hydrogen (secondary N) is 2. The summed E-state index contributed by atoms with van der Waals surface area (Å²) in [6.07, 6.45) is 0. The van der Waals surface area contributed by atoms with Gasteiger partial charge in [0.15, 0.2) is 5.60 Å². The molecule has 6 heteroatoms. The van der Waals surface area contributed by atoms with Crippen molar-refractivity contribution >= 4 is 29.0 Å². The quantitative estimate of drug-likeness (QED) is 0.861. The molecule has 1 aliphatic heterocycles. The van der Waals surface area contributed by atoms with E-state index in [4.69, 9.17) is 16.3 Å². The van der Waals surface area contributed by atoms with Crippen LogP contribution in [0, 0.1) is 0 Å². The molecule has 0 aliphatic carbocycles.